The van der Waals surface area contributed by atoms with E-state index in [4.69, 9.17) is 23.2 Å². The molecule has 3 nitrogen and oxygen atoms in total. The van der Waals surface area contributed by atoms with Crippen LogP contribution >= 0.6 is 34.5 Å². The number of amides is 1. The molecule has 0 fully saturated rings. The molecule has 0 aliphatic heterocycles. The minimum Gasteiger partial charge on any atom is -0.310 e. The highest BCUT2D eigenvalue weighted by Crippen LogP contribution is 2.31. The smallest absolute Gasteiger partial charge is 0.228 e. The van der Waals surface area contributed by atoms with Crippen LogP contribution in [0.5, 0.6) is 0 Å². The average Bonchev–Trinajstić information content (AvgIpc) is 2.81. The average molecular weight is 315 g/mol. The fourth-order valence-corrected chi connectivity index (χ4v) is 2.41. The van der Waals surface area contributed by atoms with E-state index in [1.807, 2.05) is 19.9 Å². The number of hydrogen-bond donors (Lipinski definition) is 1. The van der Waals surface area contributed by atoms with Crippen molar-refractivity contribution >= 4 is 46.3 Å². The second-order valence-electron chi connectivity index (χ2n) is 4.31. The first-order valence-electron chi connectivity index (χ1n) is 5.69. The lowest BCUT2D eigenvalue weighted by Gasteiger charge is -2.03. The Labute approximate surface area is 125 Å². The molecule has 1 aromatic carbocycles. The molecule has 0 spiro atoms. The number of thiazole rings is 1. The number of benzene rings is 1. The molecule has 6 heteroatoms. The van der Waals surface area contributed by atoms with Crippen molar-refractivity contribution in [2.45, 2.75) is 13.8 Å². The van der Waals surface area contributed by atoms with Crippen LogP contribution < -0.4 is 5.32 Å². The molecule has 1 amide bonds. The quantitative estimate of drug-likeness (QED) is 0.891. The molecule has 1 heterocycles. The highest BCUT2D eigenvalue weighted by atomic mass is 35.5. The van der Waals surface area contributed by atoms with Gasteiger partial charge in [0, 0.05) is 16.9 Å². The summed E-state index contributed by atoms with van der Waals surface area (Å²) in [7, 11) is 0. The third-order valence-corrected chi connectivity index (χ3v) is 4.08. The van der Waals surface area contributed by atoms with Gasteiger partial charge in [-0.2, -0.15) is 0 Å². The topological polar surface area (TPSA) is 42.0 Å². The molecule has 0 atom stereocenters. The first kappa shape index (κ1) is 14.3. The van der Waals surface area contributed by atoms with Crippen LogP contribution in [0.4, 0.5) is 5.82 Å². The lowest BCUT2D eigenvalue weighted by Crippen LogP contribution is -2.17. The van der Waals surface area contributed by atoms with Gasteiger partial charge < -0.3 is 5.32 Å². The summed E-state index contributed by atoms with van der Waals surface area (Å²) < 4.78 is 0. The number of halogens is 2. The van der Waals surface area contributed by atoms with Gasteiger partial charge in [0.05, 0.1) is 10.0 Å². The summed E-state index contributed by atoms with van der Waals surface area (Å²) in [5.74, 6) is 0.436. The number of anilines is 1. The lowest BCUT2D eigenvalue weighted by atomic mass is 10.2. The summed E-state index contributed by atoms with van der Waals surface area (Å²) in [6.07, 6.45) is 0. The first-order chi connectivity index (χ1) is 8.97. The van der Waals surface area contributed by atoms with Gasteiger partial charge in [0.1, 0.15) is 10.8 Å². The van der Waals surface area contributed by atoms with E-state index in [2.05, 4.69) is 10.3 Å². The van der Waals surface area contributed by atoms with Crippen LogP contribution in [0, 0.1) is 5.92 Å². The molecule has 19 heavy (non-hydrogen) atoms. The van der Waals surface area contributed by atoms with Gasteiger partial charge in [-0.05, 0) is 12.1 Å². The molecule has 0 saturated heterocycles. The van der Waals surface area contributed by atoms with Crippen LogP contribution in [-0.4, -0.2) is 10.9 Å². The minimum absolute atomic E-state index is 0.0500. The second kappa shape index (κ2) is 5.90. The van der Waals surface area contributed by atoms with Gasteiger partial charge in [0.15, 0.2) is 0 Å². The fraction of sp³-hybridized carbons (Fsp3) is 0.231. The highest BCUT2D eigenvalue weighted by molar-refractivity contribution is 7.13. The molecular weight excluding hydrogens is 303 g/mol. The predicted octanol–water partition coefficient (Wildman–Crippen LogP) is 4.71. The van der Waals surface area contributed by atoms with E-state index in [9.17, 15) is 4.79 Å². The molecular formula is C13H12Cl2N2OS. The molecule has 100 valence electrons. The summed E-state index contributed by atoms with van der Waals surface area (Å²) in [5, 5.41) is 6.35. The SMILES string of the molecule is CC(C)C(=O)Nc1csc(-c2ccc(Cl)c(Cl)c2)n1. The van der Waals surface area contributed by atoms with Crippen LogP contribution in [-0.2, 0) is 4.79 Å². The van der Waals surface area contributed by atoms with Crippen molar-refractivity contribution < 1.29 is 4.79 Å². The summed E-state index contributed by atoms with van der Waals surface area (Å²) in [6.45, 7) is 3.67. The standard InChI is InChI=1S/C13H12Cl2N2OS/c1-7(2)12(18)16-11-6-19-13(17-11)8-3-4-9(14)10(15)5-8/h3-7H,1-2H3,(H,16,18). The zero-order valence-corrected chi connectivity index (χ0v) is 12.7. The van der Waals surface area contributed by atoms with Crippen LogP contribution in [0.3, 0.4) is 0 Å². The van der Waals surface area contributed by atoms with Crippen LogP contribution in [0.15, 0.2) is 23.6 Å². The van der Waals surface area contributed by atoms with E-state index in [0.29, 0.717) is 15.9 Å². The fourth-order valence-electron chi connectivity index (χ4n) is 1.36. The van der Waals surface area contributed by atoms with E-state index in [0.717, 1.165) is 10.6 Å². The Morgan fingerprint density at radius 1 is 1.32 bits per heavy atom. The van der Waals surface area contributed by atoms with Gasteiger partial charge >= 0.3 is 0 Å². The lowest BCUT2D eigenvalue weighted by molar-refractivity contribution is -0.118. The molecule has 2 aromatic rings. The van der Waals surface area contributed by atoms with Crippen molar-refractivity contribution in [2.75, 3.05) is 5.32 Å². The van der Waals surface area contributed by atoms with Crippen LogP contribution in [0.25, 0.3) is 10.6 Å². The maximum atomic E-state index is 11.6. The number of rotatable bonds is 3. The Balaban J connectivity index is 2.21. The number of carbonyl (C=O) groups is 1. The van der Waals surface area contributed by atoms with Crippen molar-refractivity contribution in [3.8, 4) is 10.6 Å². The maximum absolute atomic E-state index is 11.6. The third kappa shape index (κ3) is 3.47. The maximum Gasteiger partial charge on any atom is 0.228 e. The van der Waals surface area contributed by atoms with E-state index in [1.54, 1.807) is 17.5 Å². The minimum atomic E-state index is -0.0740. The highest BCUT2D eigenvalue weighted by Gasteiger charge is 2.11. The monoisotopic (exact) mass is 314 g/mol. The second-order valence-corrected chi connectivity index (χ2v) is 5.98. The van der Waals surface area contributed by atoms with Gasteiger partial charge in [-0.25, -0.2) is 4.98 Å². The first-order valence-corrected chi connectivity index (χ1v) is 7.32. The molecule has 1 aromatic heterocycles. The number of nitrogens with one attached hydrogen (secondary N) is 1. The van der Waals surface area contributed by atoms with Gasteiger partial charge in [-0.15, -0.1) is 11.3 Å². The molecule has 0 aliphatic rings. The third-order valence-electron chi connectivity index (χ3n) is 2.45. The molecule has 1 N–H and O–H groups in total. The Morgan fingerprint density at radius 2 is 2.05 bits per heavy atom. The number of aromatic nitrogens is 1. The van der Waals surface area contributed by atoms with E-state index in [-0.39, 0.29) is 11.8 Å². The molecule has 0 radical (unpaired) electrons. The molecule has 0 aliphatic carbocycles. The largest absolute Gasteiger partial charge is 0.310 e. The van der Waals surface area contributed by atoms with Gasteiger partial charge in [0.25, 0.3) is 0 Å². The van der Waals surface area contributed by atoms with Crippen molar-refractivity contribution in [1.29, 1.82) is 0 Å². The van der Waals surface area contributed by atoms with Gasteiger partial charge in [0.2, 0.25) is 5.91 Å². The molecule has 0 saturated carbocycles. The summed E-state index contributed by atoms with van der Waals surface area (Å²) in [5.41, 5.74) is 0.879. The molecule has 2 rings (SSSR count). The van der Waals surface area contributed by atoms with Crippen molar-refractivity contribution in [3.05, 3.63) is 33.6 Å². The normalized spacial score (nSPS) is 10.8. The van der Waals surface area contributed by atoms with E-state index in [1.165, 1.54) is 11.3 Å². The van der Waals surface area contributed by atoms with Crippen LogP contribution in [0.2, 0.25) is 10.0 Å². The predicted molar refractivity (Wildman–Crippen MR) is 81.0 cm³/mol. The summed E-state index contributed by atoms with van der Waals surface area (Å²) in [4.78, 5) is 15.9. The van der Waals surface area contributed by atoms with E-state index < -0.39 is 0 Å². The Bertz CT molecular complexity index is 610. The number of nitrogens with zero attached hydrogens (tertiary/aromatic N) is 1. The Morgan fingerprint density at radius 3 is 2.68 bits per heavy atom. The zero-order valence-electron chi connectivity index (χ0n) is 10.4. The van der Waals surface area contributed by atoms with Crippen LogP contribution in [0.1, 0.15) is 13.8 Å². The van der Waals surface area contributed by atoms with Crippen molar-refractivity contribution in [3.63, 3.8) is 0 Å². The summed E-state index contributed by atoms with van der Waals surface area (Å²) in [6, 6.07) is 5.34. The Hall–Kier alpha value is -1.10. The zero-order chi connectivity index (χ0) is 14.0. The number of carbonyl (C=O) groups excluding carboxylic acids is 1. The van der Waals surface area contributed by atoms with Gasteiger partial charge in [-0.3, -0.25) is 4.79 Å². The Kier molecular flexibility index (Phi) is 4.45. The van der Waals surface area contributed by atoms with Crippen molar-refractivity contribution in [2.24, 2.45) is 5.92 Å². The van der Waals surface area contributed by atoms with Gasteiger partial charge in [-0.1, -0.05) is 43.1 Å². The van der Waals surface area contributed by atoms with Crippen molar-refractivity contribution in [1.82, 2.24) is 4.98 Å². The van der Waals surface area contributed by atoms with E-state index >= 15 is 0 Å². The number of hydrogen-bond acceptors (Lipinski definition) is 3. The molecule has 0 bridgehead atoms. The summed E-state index contributed by atoms with van der Waals surface area (Å²) >= 11 is 13.3. The molecule has 0 unspecified atom stereocenters.